The molecule has 0 aromatic heterocycles. The quantitative estimate of drug-likeness (QED) is 0.615. The van der Waals surface area contributed by atoms with Crippen molar-refractivity contribution in [2.24, 2.45) is 16.8 Å². The summed E-state index contributed by atoms with van der Waals surface area (Å²) in [6, 6.07) is 0.538. The summed E-state index contributed by atoms with van der Waals surface area (Å²) in [6.45, 7) is 14.4. The highest BCUT2D eigenvalue weighted by atomic mass is 15.3. The van der Waals surface area contributed by atoms with Gasteiger partial charge in [0.1, 0.15) is 0 Å². The molecule has 5 heteroatoms. The Bertz CT molecular complexity index is 382. The van der Waals surface area contributed by atoms with E-state index < -0.39 is 0 Å². The molecule has 0 aromatic rings. The zero-order valence-corrected chi connectivity index (χ0v) is 15.9. The first kappa shape index (κ1) is 18.5. The standard InChI is InChI=1S/C18H37N5/c1-6-19-18(23-8-7-16(13-23)11-15(2)3)20-12-17-14-21(4)9-10-22(17)5/h15-17H,6-14H2,1-5H3,(H,19,20). The van der Waals surface area contributed by atoms with E-state index in [2.05, 4.69) is 54.9 Å². The molecule has 5 nitrogen and oxygen atoms in total. The van der Waals surface area contributed by atoms with Crippen molar-refractivity contribution in [3.8, 4) is 0 Å². The summed E-state index contributed by atoms with van der Waals surface area (Å²) in [7, 11) is 4.44. The number of guanidine groups is 1. The molecule has 0 radical (unpaired) electrons. The Morgan fingerprint density at radius 1 is 1.17 bits per heavy atom. The van der Waals surface area contributed by atoms with E-state index in [4.69, 9.17) is 4.99 Å². The smallest absolute Gasteiger partial charge is 0.193 e. The molecule has 2 rings (SSSR count). The Labute approximate surface area is 143 Å². The minimum Gasteiger partial charge on any atom is -0.357 e. The van der Waals surface area contributed by atoms with Gasteiger partial charge in [-0.2, -0.15) is 0 Å². The van der Waals surface area contributed by atoms with E-state index in [0.29, 0.717) is 6.04 Å². The average molecular weight is 324 g/mol. The van der Waals surface area contributed by atoms with Crippen LogP contribution in [0, 0.1) is 11.8 Å². The van der Waals surface area contributed by atoms with Crippen molar-refractivity contribution in [2.75, 3.05) is 59.9 Å². The normalized spacial score (nSPS) is 27.9. The highest BCUT2D eigenvalue weighted by Crippen LogP contribution is 2.23. The summed E-state index contributed by atoms with van der Waals surface area (Å²) in [5, 5.41) is 3.51. The SMILES string of the molecule is CCNC(=NCC1CN(C)CCN1C)N1CCC(CC(C)C)C1. The van der Waals surface area contributed by atoms with E-state index in [9.17, 15) is 0 Å². The molecule has 0 aromatic carbocycles. The van der Waals surface area contributed by atoms with Gasteiger partial charge in [-0.25, -0.2) is 0 Å². The minimum atomic E-state index is 0.538. The maximum atomic E-state index is 4.98. The predicted octanol–water partition coefficient (Wildman–Crippen LogP) is 1.57. The number of aliphatic imine (C=N–C) groups is 1. The Morgan fingerprint density at radius 3 is 2.65 bits per heavy atom. The fourth-order valence-electron chi connectivity index (χ4n) is 3.80. The molecule has 134 valence electrons. The lowest BCUT2D eigenvalue weighted by Crippen LogP contribution is -2.51. The molecule has 2 aliphatic heterocycles. The van der Waals surface area contributed by atoms with Crippen molar-refractivity contribution in [1.82, 2.24) is 20.0 Å². The van der Waals surface area contributed by atoms with Crippen molar-refractivity contribution in [2.45, 2.75) is 39.7 Å². The molecule has 0 saturated carbocycles. The van der Waals surface area contributed by atoms with Crippen LogP contribution < -0.4 is 5.32 Å². The van der Waals surface area contributed by atoms with Gasteiger partial charge in [0.15, 0.2) is 5.96 Å². The van der Waals surface area contributed by atoms with Gasteiger partial charge in [-0.05, 0) is 45.7 Å². The summed E-state index contributed by atoms with van der Waals surface area (Å²) in [5.74, 6) is 2.76. The van der Waals surface area contributed by atoms with E-state index >= 15 is 0 Å². The van der Waals surface area contributed by atoms with Crippen LogP contribution in [0.25, 0.3) is 0 Å². The molecular formula is C18H37N5. The summed E-state index contributed by atoms with van der Waals surface area (Å²) in [6.07, 6.45) is 2.65. The molecule has 0 amide bonds. The summed E-state index contributed by atoms with van der Waals surface area (Å²) in [4.78, 5) is 12.3. The van der Waals surface area contributed by atoms with Crippen molar-refractivity contribution < 1.29 is 0 Å². The molecule has 2 fully saturated rings. The van der Waals surface area contributed by atoms with E-state index in [1.54, 1.807) is 0 Å². The number of nitrogens with one attached hydrogen (secondary N) is 1. The third kappa shape index (κ3) is 5.64. The molecule has 2 aliphatic rings. The van der Waals surface area contributed by atoms with Gasteiger partial charge in [0.2, 0.25) is 0 Å². The van der Waals surface area contributed by atoms with Crippen LogP contribution in [0.1, 0.15) is 33.6 Å². The molecule has 2 atom stereocenters. The van der Waals surface area contributed by atoms with Crippen molar-refractivity contribution >= 4 is 5.96 Å². The minimum absolute atomic E-state index is 0.538. The lowest BCUT2D eigenvalue weighted by atomic mass is 9.97. The van der Waals surface area contributed by atoms with Gasteiger partial charge in [-0.1, -0.05) is 13.8 Å². The van der Waals surface area contributed by atoms with E-state index in [1.807, 2.05) is 0 Å². The summed E-state index contributed by atoms with van der Waals surface area (Å²) in [5.41, 5.74) is 0. The second-order valence-electron chi connectivity index (χ2n) is 7.82. The predicted molar refractivity (Wildman–Crippen MR) is 99.0 cm³/mol. The molecule has 2 heterocycles. The fraction of sp³-hybridized carbons (Fsp3) is 0.944. The van der Waals surface area contributed by atoms with Gasteiger partial charge in [0, 0.05) is 45.3 Å². The summed E-state index contributed by atoms with van der Waals surface area (Å²) < 4.78 is 0. The zero-order valence-electron chi connectivity index (χ0n) is 15.9. The Morgan fingerprint density at radius 2 is 1.96 bits per heavy atom. The fourth-order valence-corrected chi connectivity index (χ4v) is 3.80. The topological polar surface area (TPSA) is 34.1 Å². The van der Waals surface area contributed by atoms with Crippen molar-refractivity contribution in [3.63, 3.8) is 0 Å². The van der Waals surface area contributed by atoms with E-state index in [0.717, 1.165) is 50.5 Å². The van der Waals surface area contributed by atoms with Crippen molar-refractivity contribution in [1.29, 1.82) is 0 Å². The van der Waals surface area contributed by atoms with Gasteiger partial charge in [-0.15, -0.1) is 0 Å². The summed E-state index contributed by atoms with van der Waals surface area (Å²) >= 11 is 0. The third-order valence-corrected chi connectivity index (χ3v) is 5.16. The first-order chi connectivity index (χ1) is 11.0. The van der Waals surface area contributed by atoms with Crippen LogP contribution in [-0.2, 0) is 0 Å². The van der Waals surface area contributed by atoms with Crippen LogP contribution in [-0.4, -0.2) is 86.6 Å². The molecule has 2 saturated heterocycles. The van der Waals surface area contributed by atoms with Gasteiger partial charge < -0.3 is 15.1 Å². The number of likely N-dealkylation sites (N-methyl/N-ethyl adjacent to an activating group) is 2. The van der Waals surface area contributed by atoms with Gasteiger partial charge in [0.05, 0.1) is 6.54 Å². The van der Waals surface area contributed by atoms with Crippen LogP contribution in [0.5, 0.6) is 0 Å². The van der Waals surface area contributed by atoms with Crippen molar-refractivity contribution in [3.05, 3.63) is 0 Å². The molecule has 0 aliphatic carbocycles. The van der Waals surface area contributed by atoms with E-state index in [-0.39, 0.29) is 0 Å². The molecule has 0 bridgehead atoms. The number of rotatable bonds is 5. The Kier molecular flexibility index (Phi) is 7.15. The second kappa shape index (κ2) is 8.88. The van der Waals surface area contributed by atoms with Gasteiger partial charge in [0.25, 0.3) is 0 Å². The number of hydrogen-bond acceptors (Lipinski definition) is 3. The first-order valence-corrected chi connectivity index (χ1v) is 9.41. The largest absolute Gasteiger partial charge is 0.357 e. The lowest BCUT2D eigenvalue weighted by molar-refractivity contribution is 0.119. The molecule has 2 unspecified atom stereocenters. The van der Waals surface area contributed by atoms with Gasteiger partial charge in [-0.3, -0.25) is 9.89 Å². The van der Waals surface area contributed by atoms with Crippen LogP contribution >= 0.6 is 0 Å². The van der Waals surface area contributed by atoms with Crippen LogP contribution in [0.15, 0.2) is 4.99 Å². The lowest BCUT2D eigenvalue weighted by Gasteiger charge is -2.37. The number of hydrogen-bond donors (Lipinski definition) is 1. The number of piperazine rings is 1. The van der Waals surface area contributed by atoms with Gasteiger partial charge >= 0.3 is 0 Å². The first-order valence-electron chi connectivity index (χ1n) is 9.41. The Balaban J connectivity index is 1.92. The third-order valence-electron chi connectivity index (χ3n) is 5.16. The molecule has 23 heavy (non-hydrogen) atoms. The van der Waals surface area contributed by atoms with Crippen LogP contribution in [0.3, 0.4) is 0 Å². The zero-order chi connectivity index (χ0) is 16.8. The number of likely N-dealkylation sites (tertiary alicyclic amines) is 1. The van der Waals surface area contributed by atoms with Crippen LogP contribution in [0.2, 0.25) is 0 Å². The van der Waals surface area contributed by atoms with E-state index in [1.165, 1.54) is 25.9 Å². The van der Waals surface area contributed by atoms with Crippen LogP contribution in [0.4, 0.5) is 0 Å². The monoisotopic (exact) mass is 323 g/mol. The average Bonchev–Trinajstić information content (AvgIpc) is 2.94. The highest BCUT2D eigenvalue weighted by Gasteiger charge is 2.26. The highest BCUT2D eigenvalue weighted by molar-refractivity contribution is 5.80. The Hall–Kier alpha value is -0.810. The number of nitrogens with zero attached hydrogens (tertiary/aromatic N) is 4. The molecule has 1 N–H and O–H groups in total. The second-order valence-corrected chi connectivity index (χ2v) is 7.82. The molecule has 0 spiro atoms. The molecular weight excluding hydrogens is 286 g/mol. The maximum absolute atomic E-state index is 4.98. The maximum Gasteiger partial charge on any atom is 0.193 e.